The van der Waals surface area contributed by atoms with Crippen molar-refractivity contribution in [3.8, 4) is 0 Å². The summed E-state index contributed by atoms with van der Waals surface area (Å²) in [5, 5.41) is 8.29. The molecule has 4 heteroatoms. The van der Waals surface area contributed by atoms with Crippen LogP contribution in [0.2, 0.25) is 0 Å². The standard InChI is InChI=1S/C7H11NO3/c1-8-4-2-3-6(8)11-5-7(9)10/h3H,2,4-5H2,1H3,(H,9,10). The third-order valence-corrected chi connectivity index (χ3v) is 1.50. The SMILES string of the molecule is CN1CCC=C1OCC(=O)O. The van der Waals surface area contributed by atoms with Gasteiger partial charge in [0.15, 0.2) is 12.5 Å². The van der Waals surface area contributed by atoms with E-state index in [2.05, 4.69) is 0 Å². The van der Waals surface area contributed by atoms with Gasteiger partial charge in [0, 0.05) is 13.6 Å². The van der Waals surface area contributed by atoms with Crippen molar-refractivity contribution >= 4 is 5.97 Å². The second-order valence-electron chi connectivity index (χ2n) is 2.44. The maximum absolute atomic E-state index is 10.1. The summed E-state index contributed by atoms with van der Waals surface area (Å²) >= 11 is 0. The number of nitrogens with zero attached hydrogens (tertiary/aromatic N) is 1. The smallest absolute Gasteiger partial charge is 0.341 e. The van der Waals surface area contributed by atoms with Gasteiger partial charge in [0.1, 0.15) is 0 Å². The molecule has 1 aliphatic heterocycles. The molecule has 1 aliphatic rings. The summed E-state index contributed by atoms with van der Waals surface area (Å²) in [5.74, 6) is -0.265. The first-order valence-corrected chi connectivity index (χ1v) is 3.46. The highest BCUT2D eigenvalue weighted by molar-refractivity contribution is 5.68. The molecule has 0 fully saturated rings. The van der Waals surface area contributed by atoms with E-state index in [9.17, 15) is 4.79 Å². The van der Waals surface area contributed by atoms with Crippen LogP contribution in [0.25, 0.3) is 0 Å². The predicted octanol–water partition coefficient (Wildman–Crippen LogP) is 0.264. The number of hydrogen-bond acceptors (Lipinski definition) is 3. The molecule has 0 radical (unpaired) electrons. The molecular weight excluding hydrogens is 146 g/mol. The fourth-order valence-electron chi connectivity index (χ4n) is 0.953. The molecule has 0 bridgehead atoms. The van der Waals surface area contributed by atoms with E-state index in [-0.39, 0.29) is 6.61 Å². The Morgan fingerprint density at radius 3 is 3.09 bits per heavy atom. The van der Waals surface area contributed by atoms with Crippen molar-refractivity contribution in [2.24, 2.45) is 0 Å². The minimum absolute atomic E-state index is 0.254. The summed E-state index contributed by atoms with van der Waals surface area (Å²) in [6.07, 6.45) is 2.83. The lowest BCUT2D eigenvalue weighted by atomic mass is 10.5. The minimum Gasteiger partial charge on any atom is -0.479 e. The average molecular weight is 157 g/mol. The van der Waals surface area contributed by atoms with E-state index >= 15 is 0 Å². The number of carboxylic acid groups (broad SMARTS) is 1. The summed E-state index contributed by atoms with van der Waals surface area (Å²) in [4.78, 5) is 12.0. The van der Waals surface area contributed by atoms with Gasteiger partial charge in [-0.3, -0.25) is 0 Å². The van der Waals surface area contributed by atoms with Crippen LogP contribution in [0.4, 0.5) is 0 Å². The molecular formula is C7H11NO3. The topological polar surface area (TPSA) is 49.8 Å². The predicted molar refractivity (Wildman–Crippen MR) is 38.9 cm³/mol. The van der Waals surface area contributed by atoms with Crippen molar-refractivity contribution in [2.75, 3.05) is 20.2 Å². The lowest BCUT2D eigenvalue weighted by Crippen LogP contribution is -2.17. The van der Waals surface area contributed by atoms with Crippen molar-refractivity contribution in [1.29, 1.82) is 0 Å². The van der Waals surface area contributed by atoms with Crippen LogP contribution in [0.3, 0.4) is 0 Å². The van der Waals surface area contributed by atoms with Gasteiger partial charge in [-0.15, -0.1) is 0 Å². The molecule has 0 atom stereocenters. The van der Waals surface area contributed by atoms with Crippen LogP contribution in [-0.2, 0) is 9.53 Å². The molecule has 0 amide bonds. The highest BCUT2D eigenvalue weighted by atomic mass is 16.5. The van der Waals surface area contributed by atoms with Crippen LogP contribution >= 0.6 is 0 Å². The minimum atomic E-state index is -0.939. The molecule has 0 aromatic heterocycles. The average Bonchev–Trinajstić information content (AvgIpc) is 2.31. The van der Waals surface area contributed by atoms with Crippen molar-refractivity contribution in [1.82, 2.24) is 4.90 Å². The molecule has 0 aromatic rings. The lowest BCUT2D eigenvalue weighted by Gasteiger charge is -2.14. The molecule has 11 heavy (non-hydrogen) atoms. The molecule has 1 N–H and O–H groups in total. The zero-order chi connectivity index (χ0) is 8.27. The van der Waals surface area contributed by atoms with Crippen molar-refractivity contribution in [2.45, 2.75) is 6.42 Å². The summed E-state index contributed by atoms with van der Waals surface area (Å²) in [6.45, 7) is 0.658. The normalized spacial score (nSPS) is 16.5. The van der Waals surface area contributed by atoms with E-state index in [1.54, 1.807) is 0 Å². The van der Waals surface area contributed by atoms with Gasteiger partial charge in [-0.2, -0.15) is 0 Å². The van der Waals surface area contributed by atoms with Crippen LogP contribution in [0.1, 0.15) is 6.42 Å². The Kier molecular flexibility index (Phi) is 2.36. The summed E-state index contributed by atoms with van der Waals surface area (Å²) < 4.78 is 4.96. The molecule has 0 saturated heterocycles. The Morgan fingerprint density at radius 1 is 1.91 bits per heavy atom. The zero-order valence-electron chi connectivity index (χ0n) is 6.41. The van der Waals surface area contributed by atoms with Crippen LogP contribution in [0.15, 0.2) is 12.0 Å². The van der Waals surface area contributed by atoms with Gasteiger partial charge in [-0.1, -0.05) is 0 Å². The Morgan fingerprint density at radius 2 is 2.64 bits per heavy atom. The number of aliphatic carboxylic acids is 1. The monoisotopic (exact) mass is 157 g/mol. The summed E-state index contributed by atoms with van der Waals surface area (Å²) in [5.41, 5.74) is 0. The van der Waals surface area contributed by atoms with Gasteiger partial charge in [0.25, 0.3) is 0 Å². The van der Waals surface area contributed by atoms with Gasteiger partial charge in [0.05, 0.1) is 0 Å². The highest BCUT2D eigenvalue weighted by Gasteiger charge is 2.12. The van der Waals surface area contributed by atoms with E-state index < -0.39 is 5.97 Å². The Labute approximate surface area is 65.1 Å². The summed E-state index contributed by atoms with van der Waals surface area (Å²) in [6, 6.07) is 0. The number of carbonyl (C=O) groups is 1. The maximum Gasteiger partial charge on any atom is 0.341 e. The van der Waals surface area contributed by atoms with Gasteiger partial charge >= 0.3 is 5.97 Å². The Balaban J connectivity index is 2.31. The first-order valence-electron chi connectivity index (χ1n) is 3.46. The molecule has 62 valence electrons. The van der Waals surface area contributed by atoms with Gasteiger partial charge < -0.3 is 14.7 Å². The van der Waals surface area contributed by atoms with Crippen molar-refractivity contribution in [3.63, 3.8) is 0 Å². The van der Waals surface area contributed by atoms with Crippen LogP contribution in [-0.4, -0.2) is 36.2 Å². The maximum atomic E-state index is 10.1. The Hall–Kier alpha value is -1.19. The third-order valence-electron chi connectivity index (χ3n) is 1.50. The van der Waals surface area contributed by atoms with Gasteiger partial charge in [-0.25, -0.2) is 4.79 Å². The van der Waals surface area contributed by atoms with E-state index in [0.717, 1.165) is 13.0 Å². The van der Waals surface area contributed by atoms with E-state index in [4.69, 9.17) is 9.84 Å². The zero-order valence-corrected chi connectivity index (χ0v) is 6.41. The van der Waals surface area contributed by atoms with Crippen LogP contribution < -0.4 is 0 Å². The molecule has 0 saturated carbocycles. The highest BCUT2D eigenvalue weighted by Crippen LogP contribution is 2.12. The molecule has 4 nitrogen and oxygen atoms in total. The molecule has 0 spiro atoms. The first-order chi connectivity index (χ1) is 5.20. The fraction of sp³-hybridized carbons (Fsp3) is 0.571. The van der Waals surface area contributed by atoms with Crippen molar-refractivity contribution < 1.29 is 14.6 Å². The molecule has 0 aromatic carbocycles. The van der Waals surface area contributed by atoms with E-state index in [0.29, 0.717) is 5.88 Å². The third kappa shape index (κ3) is 2.14. The largest absolute Gasteiger partial charge is 0.479 e. The van der Waals surface area contributed by atoms with Crippen LogP contribution in [0, 0.1) is 0 Å². The second kappa shape index (κ2) is 3.27. The number of hydrogen-bond donors (Lipinski definition) is 1. The number of carboxylic acids is 1. The van der Waals surface area contributed by atoms with Gasteiger partial charge in [-0.05, 0) is 12.5 Å². The van der Waals surface area contributed by atoms with E-state index in [1.165, 1.54) is 0 Å². The molecule has 1 heterocycles. The van der Waals surface area contributed by atoms with Crippen LogP contribution in [0.5, 0.6) is 0 Å². The Bertz CT molecular complexity index is 188. The molecule has 1 rings (SSSR count). The lowest BCUT2D eigenvalue weighted by molar-refractivity contribution is -0.141. The summed E-state index contributed by atoms with van der Waals surface area (Å²) in [7, 11) is 1.88. The molecule has 0 unspecified atom stereocenters. The number of rotatable bonds is 3. The first kappa shape index (κ1) is 7.91. The van der Waals surface area contributed by atoms with E-state index in [1.807, 2.05) is 18.0 Å². The van der Waals surface area contributed by atoms with Gasteiger partial charge in [0.2, 0.25) is 0 Å². The quantitative estimate of drug-likeness (QED) is 0.638. The van der Waals surface area contributed by atoms with Crippen molar-refractivity contribution in [3.05, 3.63) is 12.0 Å². The molecule has 0 aliphatic carbocycles. The fourth-order valence-corrected chi connectivity index (χ4v) is 0.953. The number of ether oxygens (including phenoxy) is 1. The second-order valence-corrected chi connectivity index (χ2v) is 2.44.